The summed E-state index contributed by atoms with van der Waals surface area (Å²) in [7, 11) is -4.70. The fourth-order valence-corrected chi connectivity index (χ4v) is 5.42. The average molecular weight is 775 g/mol. The van der Waals surface area contributed by atoms with Gasteiger partial charge in [0.05, 0.1) is 38.1 Å². The number of carbonyl (C=O) groups is 2. The van der Waals surface area contributed by atoms with Crippen molar-refractivity contribution < 1.29 is 63.1 Å². The van der Waals surface area contributed by atoms with Crippen LogP contribution < -0.4 is 0 Å². The zero-order chi connectivity index (χ0) is 39.7. The largest absolute Gasteiger partial charge is 0.472 e. The molecule has 0 aliphatic heterocycles. The number of phosphoric acid groups is 1. The van der Waals surface area contributed by atoms with Crippen LogP contribution in [-0.2, 0) is 32.7 Å². The topological polar surface area (TPSA) is 210 Å². The lowest BCUT2D eigenvalue weighted by Crippen LogP contribution is -2.30. The van der Waals surface area contributed by atoms with Crippen molar-refractivity contribution in [3.63, 3.8) is 0 Å². The van der Waals surface area contributed by atoms with Gasteiger partial charge in [0.25, 0.3) is 0 Å². The van der Waals surface area contributed by atoms with Gasteiger partial charge in [-0.05, 0) is 38.0 Å². The zero-order valence-electron chi connectivity index (χ0n) is 32.0. The number of allylic oxidation sites excluding steroid dienone is 7. The Morgan fingerprint density at radius 2 is 1.28 bits per heavy atom. The highest BCUT2D eigenvalue weighted by Crippen LogP contribution is 2.43. The number of rotatable bonds is 33. The van der Waals surface area contributed by atoms with E-state index in [9.17, 15) is 39.5 Å². The van der Waals surface area contributed by atoms with Gasteiger partial charge in [-0.15, -0.1) is 0 Å². The van der Waals surface area contributed by atoms with Gasteiger partial charge in [0.15, 0.2) is 6.10 Å². The summed E-state index contributed by atoms with van der Waals surface area (Å²) >= 11 is 0. The number of phosphoric ester groups is 1. The minimum atomic E-state index is -4.70. The molecule has 0 spiro atoms. The van der Waals surface area contributed by atoms with Gasteiger partial charge >= 0.3 is 19.8 Å². The van der Waals surface area contributed by atoms with Gasteiger partial charge < -0.3 is 39.9 Å². The molecule has 1 unspecified atom stereocenters. The Bertz CT molecular complexity index is 1130. The smallest absolute Gasteiger partial charge is 0.462 e. The third-order valence-electron chi connectivity index (χ3n) is 7.71. The van der Waals surface area contributed by atoms with Crippen LogP contribution in [-0.4, -0.2) is 99.3 Å². The van der Waals surface area contributed by atoms with E-state index >= 15 is 0 Å². The molecule has 0 bridgehead atoms. The van der Waals surface area contributed by atoms with Crippen molar-refractivity contribution in [2.75, 3.05) is 26.4 Å². The molecule has 0 aromatic rings. The van der Waals surface area contributed by atoms with Crippen molar-refractivity contribution in [2.24, 2.45) is 5.92 Å². The number of aliphatic hydroxyl groups is 5. The summed E-state index contributed by atoms with van der Waals surface area (Å²) in [5.74, 6) is -0.561. The van der Waals surface area contributed by atoms with Crippen LogP contribution in [0, 0.1) is 5.92 Å². The first-order chi connectivity index (χ1) is 25.3. The van der Waals surface area contributed by atoms with E-state index in [4.69, 9.17) is 19.1 Å². The third-order valence-corrected chi connectivity index (χ3v) is 8.66. The summed E-state index contributed by atoms with van der Waals surface area (Å²) in [4.78, 5) is 34.8. The summed E-state index contributed by atoms with van der Waals surface area (Å²) in [6, 6.07) is 0. The first-order valence-corrected chi connectivity index (χ1v) is 20.4. The van der Waals surface area contributed by atoms with Crippen LogP contribution in [0.25, 0.3) is 0 Å². The molecule has 0 aromatic heterocycles. The second kappa shape index (κ2) is 32.9. The quantitative estimate of drug-likeness (QED) is 0.0150. The zero-order valence-corrected chi connectivity index (χ0v) is 32.8. The maximum absolute atomic E-state index is 12.5. The second-order valence-electron chi connectivity index (χ2n) is 13.3. The Kier molecular flexibility index (Phi) is 31.4. The van der Waals surface area contributed by atoms with E-state index in [2.05, 4.69) is 18.4 Å². The van der Waals surface area contributed by atoms with E-state index in [0.29, 0.717) is 18.8 Å². The van der Waals surface area contributed by atoms with Gasteiger partial charge in [-0.25, -0.2) is 4.57 Å². The van der Waals surface area contributed by atoms with Crippen molar-refractivity contribution in [1.82, 2.24) is 0 Å². The summed E-state index contributed by atoms with van der Waals surface area (Å²) in [5, 5.41) is 48.5. The maximum Gasteiger partial charge on any atom is 0.472 e. The Morgan fingerprint density at radius 3 is 1.92 bits per heavy atom. The molecule has 14 heteroatoms. The fourth-order valence-electron chi connectivity index (χ4n) is 4.63. The van der Waals surface area contributed by atoms with Crippen molar-refractivity contribution in [1.29, 1.82) is 0 Å². The van der Waals surface area contributed by atoms with Crippen LogP contribution in [0.2, 0.25) is 0 Å². The Balaban J connectivity index is 4.72. The molecule has 0 aliphatic carbocycles. The van der Waals surface area contributed by atoms with Gasteiger partial charge in [-0.1, -0.05) is 126 Å². The lowest BCUT2D eigenvalue weighted by Gasteiger charge is -2.20. The van der Waals surface area contributed by atoms with Gasteiger partial charge in [0.1, 0.15) is 12.7 Å². The first kappa shape index (κ1) is 50.5. The number of unbranched alkanes of at least 4 members (excludes halogenated alkanes) is 6. The number of esters is 2. The molecular formula is C39H67O13P. The molecule has 0 heterocycles. The average Bonchev–Trinajstić information content (AvgIpc) is 3.11. The van der Waals surface area contributed by atoms with E-state index in [0.717, 1.165) is 32.1 Å². The standard InChI is InChI=1S/C39H67O13P/c1-4-5-15-22-33(41)23-17-12-9-10-13-18-24-36(43)37(44)25-20-27-38(45)49-30-35(31-51-53(47,48)50-29-34(42)28-40)52-39(46)26-19-14-8-6-7-11-16-21-32(2)3/h5,9-10,12-13,15,17-18,23-24,32-37,40-44H,4,6-8,11,14,16,19-22,25-31H2,1-3H3,(H,47,48)/b12-9+,13-10-,15-5-,23-17+,24-18-/t33-,34+,35-,36+,37+/m1/s1. The summed E-state index contributed by atoms with van der Waals surface area (Å²) in [6.45, 7) is 3.97. The summed E-state index contributed by atoms with van der Waals surface area (Å²) in [5.41, 5.74) is 0. The third kappa shape index (κ3) is 32.7. The van der Waals surface area contributed by atoms with Gasteiger partial charge in [0, 0.05) is 12.8 Å². The maximum atomic E-state index is 12.5. The molecule has 0 radical (unpaired) electrons. The number of hydrogen-bond acceptors (Lipinski definition) is 12. The highest BCUT2D eigenvalue weighted by atomic mass is 31.2. The van der Waals surface area contributed by atoms with Gasteiger partial charge in [0.2, 0.25) is 0 Å². The number of carbonyl (C=O) groups excluding carboxylic acids is 2. The molecule has 0 aromatic carbocycles. The Hall–Kier alpha value is -2.45. The second-order valence-corrected chi connectivity index (χ2v) is 14.7. The van der Waals surface area contributed by atoms with Crippen LogP contribution in [0.1, 0.15) is 111 Å². The Labute approximate surface area is 316 Å². The lowest BCUT2D eigenvalue weighted by atomic mass is 10.0. The molecule has 0 saturated heterocycles. The minimum absolute atomic E-state index is 0.0922. The van der Waals surface area contributed by atoms with Crippen LogP contribution in [0.5, 0.6) is 0 Å². The number of ether oxygens (including phenoxy) is 2. The van der Waals surface area contributed by atoms with Crippen molar-refractivity contribution in [3.8, 4) is 0 Å². The molecule has 0 rings (SSSR count). The van der Waals surface area contributed by atoms with Gasteiger partial charge in [-0.2, -0.15) is 0 Å². The Morgan fingerprint density at radius 1 is 0.698 bits per heavy atom. The van der Waals surface area contributed by atoms with Crippen molar-refractivity contribution in [2.45, 2.75) is 141 Å². The molecule has 13 nitrogen and oxygen atoms in total. The number of aliphatic hydroxyl groups excluding tert-OH is 5. The minimum Gasteiger partial charge on any atom is -0.462 e. The molecule has 6 atom stereocenters. The highest BCUT2D eigenvalue weighted by Gasteiger charge is 2.27. The first-order valence-electron chi connectivity index (χ1n) is 18.9. The molecule has 0 fully saturated rings. The highest BCUT2D eigenvalue weighted by molar-refractivity contribution is 7.47. The SMILES string of the molecule is CC/C=C\C[C@@H](O)/C=C/C=C/C=C\C=C/[C@H](O)[C@@H](O)CCCC(=O)OC[C@H](COP(=O)(O)OC[C@@H](O)CO)OC(=O)CCCCCCCCCC(C)C. The van der Waals surface area contributed by atoms with Crippen LogP contribution in [0.15, 0.2) is 60.8 Å². The van der Waals surface area contributed by atoms with Gasteiger partial charge in [-0.3, -0.25) is 18.6 Å². The van der Waals surface area contributed by atoms with E-state index in [1.165, 1.54) is 25.3 Å². The molecule has 306 valence electrons. The van der Waals surface area contributed by atoms with E-state index < -0.39 is 76.7 Å². The molecule has 0 saturated carbocycles. The fraction of sp³-hybridized carbons (Fsp3) is 0.692. The lowest BCUT2D eigenvalue weighted by molar-refractivity contribution is -0.161. The predicted octanol–water partition coefficient (Wildman–Crippen LogP) is 5.93. The van der Waals surface area contributed by atoms with Crippen LogP contribution in [0.4, 0.5) is 0 Å². The molecule has 53 heavy (non-hydrogen) atoms. The molecule has 6 N–H and O–H groups in total. The molecule has 0 aliphatic rings. The van der Waals surface area contributed by atoms with Crippen LogP contribution >= 0.6 is 7.82 Å². The van der Waals surface area contributed by atoms with E-state index in [-0.39, 0.29) is 25.7 Å². The van der Waals surface area contributed by atoms with Crippen molar-refractivity contribution >= 4 is 19.8 Å². The van der Waals surface area contributed by atoms with Crippen LogP contribution in [0.3, 0.4) is 0 Å². The van der Waals surface area contributed by atoms with Crippen molar-refractivity contribution in [3.05, 3.63) is 60.8 Å². The predicted molar refractivity (Wildman–Crippen MR) is 205 cm³/mol. The molecule has 0 amide bonds. The summed E-state index contributed by atoms with van der Waals surface area (Å²) in [6.07, 6.45) is 21.8. The number of hydrogen-bond donors (Lipinski definition) is 6. The van der Waals surface area contributed by atoms with E-state index in [1.54, 1.807) is 42.5 Å². The molecular weight excluding hydrogens is 707 g/mol. The normalized spacial score (nSPS) is 16.6. The van der Waals surface area contributed by atoms with E-state index in [1.807, 2.05) is 19.1 Å². The monoisotopic (exact) mass is 774 g/mol. The summed E-state index contributed by atoms with van der Waals surface area (Å²) < 4.78 is 32.3.